The fourth-order valence-electron chi connectivity index (χ4n) is 5.57. The van der Waals surface area contributed by atoms with Crippen LogP contribution in [0.2, 0.25) is 0 Å². The van der Waals surface area contributed by atoms with Crippen molar-refractivity contribution in [2.45, 2.75) is 72.0 Å². The Bertz CT molecular complexity index is 731. The molecular formula is C22H30O5. The molecule has 3 rings (SSSR count). The number of fused-ring (bicyclic) bond motifs is 2. The van der Waals surface area contributed by atoms with Crippen LogP contribution < -0.4 is 0 Å². The summed E-state index contributed by atoms with van der Waals surface area (Å²) in [5.74, 6) is -1.32. The van der Waals surface area contributed by atoms with Crippen molar-refractivity contribution in [3.8, 4) is 0 Å². The van der Waals surface area contributed by atoms with Gasteiger partial charge in [0, 0.05) is 30.3 Å². The van der Waals surface area contributed by atoms with Crippen LogP contribution in [0.5, 0.6) is 0 Å². The number of esters is 1. The number of ether oxygens (including phenoxy) is 1. The number of rotatable bonds is 1. The quantitative estimate of drug-likeness (QED) is 0.563. The summed E-state index contributed by atoms with van der Waals surface area (Å²) in [6.45, 7) is 11.4. The van der Waals surface area contributed by atoms with Crippen LogP contribution in [-0.2, 0) is 19.1 Å². The van der Waals surface area contributed by atoms with Crippen molar-refractivity contribution in [2.75, 3.05) is 0 Å². The van der Waals surface area contributed by atoms with Crippen LogP contribution in [0.25, 0.3) is 0 Å². The SMILES string of the molecule is C=C1C(=O)C2=C[C@H]1CC(OC(C)=O)C(=O)[C@]1(C)CCCC(C)(C)[C@H]1C[C@H]2O. The molecule has 0 radical (unpaired) electrons. The standard InChI is InChI=1S/C22H30O5/c1-12-14-9-15(19(12)25)16(24)11-18-21(3,4)7-6-8-22(18,5)20(26)17(10-14)27-13(2)23/h9,14,16-18,24H,1,6-8,10-11H2,2-5H3/t14-,16+,17?,18+,22+/m0/s1. The summed E-state index contributed by atoms with van der Waals surface area (Å²) < 4.78 is 5.45. The van der Waals surface area contributed by atoms with E-state index in [2.05, 4.69) is 20.4 Å². The van der Waals surface area contributed by atoms with Gasteiger partial charge in [0.05, 0.1) is 6.10 Å². The molecule has 5 nitrogen and oxygen atoms in total. The molecule has 27 heavy (non-hydrogen) atoms. The second-order valence-corrected chi connectivity index (χ2v) is 9.34. The van der Waals surface area contributed by atoms with Gasteiger partial charge in [0.2, 0.25) is 0 Å². The highest BCUT2D eigenvalue weighted by Crippen LogP contribution is 2.55. The van der Waals surface area contributed by atoms with E-state index in [1.807, 2.05) is 6.92 Å². The summed E-state index contributed by atoms with van der Waals surface area (Å²) in [6.07, 6.45) is 3.03. The third kappa shape index (κ3) is 3.31. The summed E-state index contributed by atoms with van der Waals surface area (Å²) in [7, 11) is 0. The van der Waals surface area contributed by atoms with E-state index in [0.29, 0.717) is 24.0 Å². The molecular weight excluding hydrogens is 344 g/mol. The summed E-state index contributed by atoms with van der Waals surface area (Å²) >= 11 is 0. The zero-order valence-corrected chi connectivity index (χ0v) is 16.7. The monoisotopic (exact) mass is 374 g/mol. The largest absolute Gasteiger partial charge is 0.454 e. The van der Waals surface area contributed by atoms with E-state index in [4.69, 9.17) is 4.74 Å². The van der Waals surface area contributed by atoms with E-state index < -0.39 is 23.6 Å². The van der Waals surface area contributed by atoms with Crippen molar-refractivity contribution >= 4 is 17.5 Å². The number of aliphatic hydroxyl groups excluding tert-OH is 1. The average molecular weight is 374 g/mol. The third-order valence-electron chi connectivity index (χ3n) is 7.06. The Hall–Kier alpha value is -1.75. The molecule has 1 saturated carbocycles. The molecule has 0 spiro atoms. The van der Waals surface area contributed by atoms with Crippen LogP contribution in [0, 0.1) is 22.7 Å². The lowest BCUT2D eigenvalue weighted by Gasteiger charge is -2.51. The summed E-state index contributed by atoms with van der Waals surface area (Å²) in [5.41, 5.74) is -0.125. The zero-order chi connectivity index (χ0) is 20.1. The van der Waals surface area contributed by atoms with Crippen LogP contribution in [-0.4, -0.2) is 34.9 Å². The Morgan fingerprint density at radius 3 is 2.52 bits per heavy atom. The van der Waals surface area contributed by atoms with Crippen LogP contribution in [0.4, 0.5) is 0 Å². The van der Waals surface area contributed by atoms with Gasteiger partial charge in [-0.1, -0.05) is 39.8 Å². The second kappa shape index (κ2) is 6.69. The first-order chi connectivity index (χ1) is 12.5. The lowest BCUT2D eigenvalue weighted by molar-refractivity contribution is -0.163. The molecule has 0 aromatic carbocycles. The van der Waals surface area contributed by atoms with Crippen LogP contribution in [0.3, 0.4) is 0 Å². The van der Waals surface area contributed by atoms with Gasteiger partial charge in [-0.15, -0.1) is 0 Å². The van der Waals surface area contributed by atoms with Gasteiger partial charge >= 0.3 is 5.97 Å². The molecule has 0 saturated heterocycles. The van der Waals surface area contributed by atoms with Crippen molar-refractivity contribution < 1.29 is 24.2 Å². The molecule has 5 atom stereocenters. The van der Waals surface area contributed by atoms with Crippen molar-refractivity contribution in [1.29, 1.82) is 0 Å². The van der Waals surface area contributed by atoms with Crippen molar-refractivity contribution in [3.05, 3.63) is 23.8 Å². The van der Waals surface area contributed by atoms with Gasteiger partial charge in [0.25, 0.3) is 0 Å². The van der Waals surface area contributed by atoms with Crippen LogP contribution in [0.15, 0.2) is 23.8 Å². The highest BCUT2D eigenvalue weighted by Gasteiger charge is 2.54. The van der Waals surface area contributed by atoms with E-state index in [9.17, 15) is 19.5 Å². The Morgan fingerprint density at radius 1 is 1.22 bits per heavy atom. The third-order valence-corrected chi connectivity index (χ3v) is 7.06. The minimum atomic E-state index is -0.904. The fourth-order valence-corrected chi connectivity index (χ4v) is 5.57. The molecule has 3 aliphatic carbocycles. The topological polar surface area (TPSA) is 80.7 Å². The molecule has 3 aliphatic rings. The first kappa shape index (κ1) is 20.0. The molecule has 0 aromatic rings. The van der Waals surface area contributed by atoms with Gasteiger partial charge in [-0.25, -0.2) is 0 Å². The molecule has 0 aliphatic heterocycles. The highest BCUT2D eigenvalue weighted by atomic mass is 16.5. The van der Waals surface area contributed by atoms with Gasteiger partial charge < -0.3 is 9.84 Å². The molecule has 148 valence electrons. The van der Waals surface area contributed by atoms with E-state index in [1.54, 1.807) is 6.08 Å². The maximum atomic E-state index is 13.6. The fraction of sp³-hybridized carbons (Fsp3) is 0.682. The molecule has 0 amide bonds. The van der Waals surface area contributed by atoms with Crippen LogP contribution >= 0.6 is 0 Å². The zero-order valence-electron chi connectivity index (χ0n) is 16.7. The van der Waals surface area contributed by atoms with Crippen molar-refractivity contribution in [2.24, 2.45) is 22.7 Å². The number of carbonyl (C=O) groups is 3. The normalized spacial score (nSPS) is 38.9. The van der Waals surface area contributed by atoms with Crippen molar-refractivity contribution in [1.82, 2.24) is 0 Å². The van der Waals surface area contributed by atoms with Gasteiger partial charge in [0.15, 0.2) is 17.7 Å². The van der Waals surface area contributed by atoms with E-state index in [1.165, 1.54) is 6.92 Å². The highest BCUT2D eigenvalue weighted by molar-refractivity contribution is 6.11. The molecule has 1 unspecified atom stereocenters. The number of hydrogen-bond donors (Lipinski definition) is 1. The minimum absolute atomic E-state index is 0.0910. The maximum absolute atomic E-state index is 13.6. The molecule has 5 heteroatoms. The van der Waals surface area contributed by atoms with Gasteiger partial charge in [-0.05, 0) is 36.2 Å². The number of ketones is 2. The van der Waals surface area contributed by atoms with E-state index >= 15 is 0 Å². The molecule has 1 N–H and O–H groups in total. The smallest absolute Gasteiger partial charge is 0.303 e. The molecule has 2 bridgehead atoms. The molecule has 1 fully saturated rings. The van der Waals surface area contributed by atoms with E-state index in [0.717, 1.165) is 12.8 Å². The Kier molecular flexibility index (Phi) is 4.96. The average Bonchev–Trinajstić information content (AvgIpc) is 2.84. The lowest BCUT2D eigenvalue weighted by atomic mass is 9.52. The van der Waals surface area contributed by atoms with Crippen molar-refractivity contribution in [3.63, 3.8) is 0 Å². The number of hydrogen-bond acceptors (Lipinski definition) is 5. The summed E-state index contributed by atoms with van der Waals surface area (Å²) in [5, 5.41) is 10.9. The predicted molar refractivity (Wildman–Crippen MR) is 101 cm³/mol. The maximum Gasteiger partial charge on any atom is 0.303 e. The second-order valence-electron chi connectivity index (χ2n) is 9.34. The number of carbonyl (C=O) groups excluding carboxylic acids is 3. The minimum Gasteiger partial charge on any atom is -0.454 e. The van der Waals surface area contributed by atoms with Gasteiger partial charge in [-0.2, -0.15) is 0 Å². The Labute approximate surface area is 160 Å². The van der Waals surface area contributed by atoms with Gasteiger partial charge in [0.1, 0.15) is 0 Å². The number of Topliss-reactive ketones (excluding diaryl/α,β-unsaturated/α-hetero) is 2. The first-order valence-corrected chi connectivity index (χ1v) is 9.82. The Morgan fingerprint density at radius 2 is 1.89 bits per heavy atom. The number of aliphatic hydroxyl groups is 1. The lowest BCUT2D eigenvalue weighted by Crippen LogP contribution is -2.52. The Balaban J connectivity index is 2.11. The number of allylic oxidation sites excluding steroid dienone is 2. The van der Waals surface area contributed by atoms with E-state index in [-0.39, 0.29) is 35.2 Å². The predicted octanol–water partition coefficient (Wildman–Crippen LogP) is 3.16. The summed E-state index contributed by atoms with van der Waals surface area (Å²) in [4.78, 5) is 37.9. The molecule has 0 aromatic heterocycles. The molecule has 0 heterocycles. The van der Waals surface area contributed by atoms with Gasteiger partial charge in [-0.3, -0.25) is 14.4 Å². The summed E-state index contributed by atoms with van der Waals surface area (Å²) in [6, 6.07) is 0. The van der Waals surface area contributed by atoms with Crippen LogP contribution in [0.1, 0.15) is 59.8 Å². The first-order valence-electron chi connectivity index (χ1n) is 9.82.